The molecule has 1 unspecified atom stereocenters. The van der Waals surface area contributed by atoms with Crippen LogP contribution in [0.3, 0.4) is 0 Å². The van der Waals surface area contributed by atoms with Crippen molar-refractivity contribution in [1.29, 1.82) is 0 Å². The molecule has 0 fully saturated rings. The average molecular weight is 706 g/mol. The van der Waals surface area contributed by atoms with Crippen molar-refractivity contribution in [3.63, 3.8) is 0 Å². The minimum atomic E-state index is 0.0751. The summed E-state index contributed by atoms with van der Waals surface area (Å²) in [4.78, 5) is 10.9. The summed E-state index contributed by atoms with van der Waals surface area (Å²) in [5.41, 5.74) is 10.1. The molecule has 11 rings (SSSR count). The molecule has 8 aromatic carbocycles. The zero-order chi connectivity index (χ0) is 36.5. The molecule has 0 radical (unpaired) electrons. The van der Waals surface area contributed by atoms with Gasteiger partial charge in [0.15, 0.2) is 5.84 Å². The Morgan fingerprint density at radius 3 is 1.75 bits per heavy atom. The normalized spacial score (nSPS) is 17.9. The van der Waals surface area contributed by atoms with Crippen LogP contribution in [0.2, 0.25) is 0 Å². The summed E-state index contributed by atoms with van der Waals surface area (Å²) in [6.07, 6.45) is 3.05. The lowest BCUT2D eigenvalue weighted by molar-refractivity contribution is 0.668. The van der Waals surface area contributed by atoms with Gasteiger partial charge in [0.1, 0.15) is 11.2 Å². The highest BCUT2D eigenvalue weighted by atomic mass is 16.3. The molecule has 1 aliphatic rings. The van der Waals surface area contributed by atoms with Crippen LogP contribution in [0.5, 0.6) is 0 Å². The van der Waals surface area contributed by atoms with Crippen LogP contribution < -0.4 is 0 Å². The number of fused-ring (bicyclic) bond motifs is 8. The van der Waals surface area contributed by atoms with E-state index in [0.29, 0.717) is 5.84 Å². The molecule has 4 nitrogen and oxygen atoms in total. The average Bonchev–Trinajstić information content (AvgIpc) is 3.76. The van der Waals surface area contributed by atoms with Gasteiger partial charge in [0.25, 0.3) is 0 Å². The van der Waals surface area contributed by atoms with Gasteiger partial charge in [0.2, 0.25) is 0 Å². The van der Waals surface area contributed by atoms with Crippen LogP contribution in [-0.4, -0.2) is 16.1 Å². The standard InChI is InChI=1S/C51H35N3O/c1-32-24-25-44(33-14-4-2-5-15-33)52-51(34-16-6-3-7-17-34)53-50(32)43-30-39(31-48-49(43)40-22-12-13-23-47(40)55-48)54-45-28-37-20-10-8-18-35(37)26-41(45)42-27-36-19-9-11-21-38(36)29-46(42)54/h2-23,25-32H,24H2,1H3/b44-25+,52-51-,53-50+. The Bertz CT molecular complexity index is 3140. The van der Waals surface area contributed by atoms with Crippen molar-refractivity contribution in [2.45, 2.75) is 13.3 Å². The molecule has 2 aromatic heterocycles. The molecule has 0 amide bonds. The minimum absolute atomic E-state index is 0.0751. The topological polar surface area (TPSA) is 42.8 Å². The Morgan fingerprint density at radius 2 is 1.09 bits per heavy atom. The minimum Gasteiger partial charge on any atom is -0.456 e. The van der Waals surface area contributed by atoms with E-state index < -0.39 is 0 Å². The SMILES string of the molecule is CC1C/C=C(c2ccccc2)/N=C(c2ccccc2)\N=C/1c1cc(-n2c3cc4ccccc4cc3c3cc4ccccc4cc32)cc2oc3ccccc3c12. The predicted molar refractivity (Wildman–Crippen MR) is 231 cm³/mol. The quantitative estimate of drug-likeness (QED) is 0.180. The van der Waals surface area contributed by atoms with Crippen LogP contribution in [-0.2, 0) is 0 Å². The lowest BCUT2D eigenvalue weighted by Crippen LogP contribution is -2.18. The second-order valence-electron chi connectivity index (χ2n) is 14.6. The number of amidine groups is 1. The number of benzene rings is 8. The molecule has 0 spiro atoms. The number of hydrogen-bond acceptors (Lipinski definition) is 3. The van der Waals surface area contributed by atoms with Gasteiger partial charge in [-0.25, -0.2) is 9.98 Å². The van der Waals surface area contributed by atoms with E-state index in [1.165, 1.54) is 32.3 Å². The van der Waals surface area contributed by atoms with Gasteiger partial charge in [0, 0.05) is 44.7 Å². The van der Waals surface area contributed by atoms with Crippen molar-refractivity contribution in [2.24, 2.45) is 15.9 Å². The predicted octanol–water partition coefficient (Wildman–Crippen LogP) is 13.3. The highest BCUT2D eigenvalue weighted by molar-refractivity contribution is 6.24. The molecule has 3 heterocycles. The van der Waals surface area contributed by atoms with Gasteiger partial charge in [-0.3, -0.25) is 0 Å². The van der Waals surface area contributed by atoms with E-state index in [1.54, 1.807) is 0 Å². The van der Waals surface area contributed by atoms with Gasteiger partial charge in [-0.05, 0) is 69.9 Å². The third-order valence-electron chi connectivity index (χ3n) is 11.2. The number of rotatable bonds is 4. The van der Waals surface area contributed by atoms with Gasteiger partial charge < -0.3 is 8.98 Å². The Morgan fingerprint density at radius 1 is 0.527 bits per heavy atom. The summed E-state index contributed by atoms with van der Waals surface area (Å²) in [5, 5.41) is 9.45. The summed E-state index contributed by atoms with van der Waals surface area (Å²) in [5.74, 6) is 0.768. The Labute approximate surface area is 318 Å². The maximum absolute atomic E-state index is 6.75. The second kappa shape index (κ2) is 12.5. The van der Waals surface area contributed by atoms with Crippen LogP contribution in [0, 0.1) is 5.92 Å². The first-order valence-electron chi connectivity index (χ1n) is 19.0. The molecule has 0 bridgehead atoms. The molecule has 1 aliphatic heterocycles. The van der Waals surface area contributed by atoms with Crippen molar-refractivity contribution in [1.82, 2.24) is 4.57 Å². The largest absolute Gasteiger partial charge is 0.456 e. The highest BCUT2D eigenvalue weighted by Gasteiger charge is 2.25. The van der Waals surface area contributed by atoms with E-state index in [9.17, 15) is 0 Å². The number of para-hydroxylation sites is 1. The van der Waals surface area contributed by atoms with Gasteiger partial charge in [-0.1, -0.05) is 140 Å². The third kappa shape index (κ3) is 5.21. The van der Waals surface area contributed by atoms with Crippen LogP contribution in [0.15, 0.2) is 190 Å². The van der Waals surface area contributed by atoms with Gasteiger partial charge >= 0.3 is 0 Å². The summed E-state index contributed by atoms with van der Waals surface area (Å²) in [6.45, 7) is 2.28. The number of aliphatic imine (C=N–C) groups is 2. The van der Waals surface area contributed by atoms with Gasteiger partial charge in [0.05, 0.1) is 28.1 Å². The zero-order valence-electron chi connectivity index (χ0n) is 30.3. The van der Waals surface area contributed by atoms with Crippen molar-refractivity contribution < 1.29 is 4.42 Å². The van der Waals surface area contributed by atoms with Crippen LogP contribution in [0.4, 0.5) is 0 Å². The second-order valence-corrected chi connectivity index (χ2v) is 14.6. The van der Waals surface area contributed by atoms with Gasteiger partial charge in [-0.2, -0.15) is 0 Å². The maximum Gasteiger partial charge on any atom is 0.160 e. The fourth-order valence-corrected chi connectivity index (χ4v) is 8.48. The maximum atomic E-state index is 6.75. The number of allylic oxidation sites excluding steroid dienone is 1. The summed E-state index contributed by atoms with van der Waals surface area (Å²) in [7, 11) is 0. The summed E-state index contributed by atoms with van der Waals surface area (Å²) >= 11 is 0. The molecule has 0 aliphatic carbocycles. The summed E-state index contributed by atoms with van der Waals surface area (Å²) in [6, 6.07) is 60.3. The van der Waals surface area contributed by atoms with E-state index in [2.05, 4.69) is 169 Å². The molecule has 10 aromatic rings. The molecular weight excluding hydrogens is 671 g/mol. The Hall–Kier alpha value is -7.04. The number of furan rings is 1. The van der Waals surface area contributed by atoms with E-state index in [4.69, 9.17) is 14.4 Å². The van der Waals surface area contributed by atoms with E-state index in [-0.39, 0.29) is 5.92 Å². The molecule has 0 N–H and O–H groups in total. The molecule has 0 saturated carbocycles. The molecule has 1 atom stereocenters. The Balaban J connectivity index is 1.23. The van der Waals surface area contributed by atoms with Crippen LogP contribution >= 0.6 is 0 Å². The number of aromatic nitrogens is 1. The molecule has 55 heavy (non-hydrogen) atoms. The van der Waals surface area contributed by atoms with Crippen molar-refractivity contribution >= 4 is 82.5 Å². The van der Waals surface area contributed by atoms with Gasteiger partial charge in [-0.15, -0.1) is 0 Å². The monoisotopic (exact) mass is 705 g/mol. The molecule has 0 saturated heterocycles. The van der Waals surface area contributed by atoms with E-state index in [0.717, 1.165) is 73.2 Å². The van der Waals surface area contributed by atoms with Crippen molar-refractivity contribution in [2.75, 3.05) is 0 Å². The third-order valence-corrected chi connectivity index (χ3v) is 11.2. The first-order valence-corrected chi connectivity index (χ1v) is 19.0. The lowest BCUT2D eigenvalue weighted by Gasteiger charge is -2.20. The fraction of sp³-hybridized carbons (Fsp3) is 0.0588. The Kier molecular flexibility index (Phi) is 7.17. The first kappa shape index (κ1) is 31.5. The smallest absolute Gasteiger partial charge is 0.160 e. The zero-order valence-corrected chi connectivity index (χ0v) is 30.3. The van der Waals surface area contributed by atoms with Crippen molar-refractivity contribution in [3.8, 4) is 5.69 Å². The first-order chi connectivity index (χ1) is 27.2. The fourth-order valence-electron chi connectivity index (χ4n) is 8.48. The molecule has 260 valence electrons. The summed E-state index contributed by atoms with van der Waals surface area (Å²) < 4.78 is 9.18. The lowest BCUT2D eigenvalue weighted by atomic mass is 9.90. The van der Waals surface area contributed by atoms with Crippen LogP contribution in [0.1, 0.15) is 30.0 Å². The number of hydrogen-bond donors (Lipinski definition) is 0. The van der Waals surface area contributed by atoms with Crippen LogP contribution in [0.25, 0.3) is 76.7 Å². The molecule has 4 heteroatoms. The molecular formula is C51H35N3O. The number of nitrogens with zero attached hydrogens (tertiary/aromatic N) is 3. The highest BCUT2D eigenvalue weighted by Crippen LogP contribution is 2.41. The van der Waals surface area contributed by atoms with E-state index >= 15 is 0 Å². The van der Waals surface area contributed by atoms with Crippen molar-refractivity contribution in [3.05, 3.63) is 193 Å². The van der Waals surface area contributed by atoms with E-state index in [1.807, 2.05) is 18.2 Å².